The number of para-hydroxylation sites is 1. The minimum atomic E-state index is -4.70. The van der Waals surface area contributed by atoms with Gasteiger partial charge in [0.05, 0.1) is 12.8 Å². The Hall–Kier alpha value is -4.34. The molecule has 0 saturated carbocycles. The zero-order valence-electron chi connectivity index (χ0n) is 18.6. The van der Waals surface area contributed by atoms with Crippen LogP contribution in [0.15, 0.2) is 66.9 Å². The number of halogens is 3. The lowest BCUT2D eigenvalue weighted by atomic mass is 10.1. The van der Waals surface area contributed by atoms with E-state index in [1.165, 1.54) is 13.2 Å². The molecule has 5 aromatic rings. The fraction of sp³-hybridized carbons (Fsp3) is 0.160. The van der Waals surface area contributed by atoms with E-state index in [-0.39, 0.29) is 17.0 Å². The van der Waals surface area contributed by atoms with Crippen LogP contribution in [0.25, 0.3) is 27.8 Å². The molecule has 35 heavy (non-hydrogen) atoms. The van der Waals surface area contributed by atoms with Crippen molar-refractivity contribution in [2.24, 2.45) is 0 Å². The number of fused-ring (bicyclic) bond motifs is 2. The number of amides is 1. The summed E-state index contributed by atoms with van der Waals surface area (Å²) in [7, 11) is 1.50. The molecule has 3 heterocycles. The lowest BCUT2D eigenvalue weighted by Crippen LogP contribution is -2.26. The van der Waals surface area contributed by atoms with Crippen LogP contribution in [0.4, 0.5) is 13.2 Å². The predicted molar refractivity (Wildman–Crippen MR) is 124 cm³/mol. The maximum atomic E-state index is 13.8. The van der Waals surface area contributed by atoms with Crippen LogP contribution in [-0.2, 0) is 12.6 Å². The number of carbonyl (C=O) groups excluding carboxylic acids is 1. The fourth-order valence-corrected chi connectivity index (χ4v) is 3.94. The van der Waals surface area contributed by atoms with E-state index in [1.54, 1.807) is 24.3 Å². The fourth-order valence-electron chi connectivity index (χ4n) is 3.94. The number of ether oxygens (including phenoxy) is 1. The summed E-state index contributed by atoms with van der Waals surface area (Å²) in [5, 5.41) is 7.69. The molecule has 0 atom stereocenters. The molecule has 2 aromatic carbocycles. The van der Waals surface area contributed by atoms with Crippen molar-refractivity contribution in [3.63, 3.8) is 0 Å². The van der Waals surface area contributed by atoms with E-state index >= 15 is 0 Å². The van der Waals surface area contributed by atoms with Gasteiger partial charge in [-0.2, -0.15) is 18.3 Å². The van der Waals surface area contributed by atoms with Crippen LogP contribution in [0.2, 0.25) is 0 Å². The molecule has 2 N–H and O–H groups in total. The Morgan fingerprint density at radius 3 is 2.63 bits per heavy atom. The Labute approximate surface area is 197 Å². The van der Waals surface area contributed by atoms with Gasteiger partial charge in [0.15, 0.2) is 17.0 Å². The number of aromatic amines is 1. The van der Waals surface area contributed by atoms with Gasteiger partial charge in [-0.25, -0.2) is 9.50 Å². The number of methoxy groups -OCH3 is 1. The van der Waals surface area contributed by atoms with Crippen molar-refractivity contribution < 1.29 is 22.7 Å². The van der Waals surface area contributed by atoms with E-state index in [0.29, 0.717) is 28.8 Å². The first-order valence-corrected chi connectivity index (χ1v) is 10.8. The number of nitrogens with one attached hydrogen (secondary N) is 2. The highest BCUT2D eigenvalue weighted by Gasteiger charge is 2.35. The first-order chi connectivity index (χ1) is 16.8. The summed E-state index contributed by atoms with van der Waals surface area (Å²) in [6, 6.07) is 16.5. The SMILES string of the molecule is COc1ccc(-c2cc(C(F)(F)F)n3nc(C(=O)NCCc4c[nH]c5ccccc45)cc3n2)cc1. The summed E-state index contributed by atoms with van der Waals surface area (Å²) in [6.45, 7) is 0.297. The number of nitrogens with zero attached hydrogens (tertiary/aromatic N) is 3. The van der Waals surface area contributed by atoms with Crippen molar-refractivity contribution >= 4 is 22.5 Å². The first-order valence-electron chi connectivity index (χ1n) is 10.8. The molecule has 7 nitrogen and oxygen atoms in total. The average molecular weight is 479 g/mol. The zero-order chi connectivity index (χ0) is 24.6. The van der Waals surface area contributed by atoms with Crippen LogP contribution < -0.4 is 10.1 Å². The van der Waals surface area contributed by atoms with Crippen molar-refractivity contribution in [1.82, 2.24) is 24.9 Å². The van der Waals surface area contributed by atoms with E-state index in [2.05, 4.69) is 20.4 Å². The summed E-state index contributed by atoms with van der Waals surface area (Å²) in [4.78, 5) is 20.2. The molecule has 0 aliphatic carbocycles. The molecule has 0 saturated heterocycles. The number of hydrogen-bond acceptors (Lipinski definition) is 4. The second-order valence-corrected chi connectivity index (χ2v) is 7.92. The largest absolute Gasteiger partial charge is 0.497 e. The minimum absolute atomic E-state index is 0.0765. The molecule has 0 aliphatic rings. The number of H-pyrrole nitrogens is 1. The van der Waals surface area contributed by atoms with Gasteiger partial charge in [0.25, 0.3) is 5.91 Å². The van der Waals surface area contributed by atoms with Crippen molar-refractivity contribution in [1.29, 1.82) is 0 Å². The smallest absolute Gasteiger partial charge is 0.433 e. The lowest BCUT2D eigenvalue weighted by Gasteiger charge is -2.11. The molecule has 10 heteroatoms. The molecule has 0 fully saturated rings. The maximum absolute atomic E-state index is 13.8. The van der Waals surface area contributed by atoms with Gasteiger partial charge < -0.3 is 15.0 Å². The average Bonchev–Trinajstić information content (AvgIpc) is 3.47. The zero-order valence-corrected chi connectivity index (χ0v) is 18.6. The lowest BCUT2D eigenvalue weighted by molar-refractivity contribution is -0.142. The van der Waals surface area contributed by atoms with E-state index in [9.17, 15) is 18.0 Å². The van der Waals surface area contributed by atoms with E-state index in [0.717, 1.165) is 22.5 Å². The third-order valence-corrected chi connectivity index (χ3v) is 5.69. The third-order valence-electron chi connectivity index (χ3n) is 5.69. The Morgan fingerprint density at radius 1 is 1.11 bits per heavy atom. The minimum Gasteiger partial charge on any atom is -0.497 e. The Bertz CT molecular complexity index is 1520. The van der Waals surface area contributed by atoms with Crippen molar-refractivity contribution in [3.8, 4) is 17.0 Å². The molecular formula is C25H20F3N5O2. The maximum Gasteiger partial charge on any atom is 0.433 e. The molecule has 0 bridgehead atoms. The van der Waals surface area contributed by atoms with Crippen LogP contribution in [-0.4, -0.2) is 39.1 Å². The van der Waals surface area contributed by atoms with Gasteiger partial charge in [0.2, 0.25) is 0 Å². The number of hydrogen-bond donors (Lipinski definition) is 2. The molecule has 0 spiro atoms. The van der Waals surface area contributed by atoms with Gasteiger partial charge in [-0.15, -0.1) is 0 Å². The van der Waals surface area contributed by atoms with Gasteiger partial charge in [-0.3, -0.25) is 4.79 Å². The van der Waals surface area contributed by atoms with Crippen LogP contribution >= 0.6 is 0 Å². The van der Waals surface area contributed by atoms with Crippen molar-refractivity contribution in [2.45, 2.75) is 12.6 Å². The van der Waals surface area contributed by atoms with E-state index in [4.69, 9.17) is 4.74 Å². The molecule has 0 unspecified atom stereocenters. The predicted octanol–water partition coefficient (Wildman–Crippen LogP) is 4.88. The van der Waals surface area contributed by atoms with Crippen molar-refractivity contribution in [2.75, 3.05) is 13.7 Å². The highest BCUT2D eigenvalue weighted by molar-refractivity contribution is 5.93. The topological polar surface area (TPSA) is 84.3 Å². The van der Waals surface area contributed by atoms with E-state index < -0.39 is 17.8 Å². The standard InChI is InChI=1S/C25H20F3N5O2/c1-35-17-8-6-15(7-9-17)20-12-22(25(26,27)28)33-23(31-20)13-21(32-33)24(34)29-11-10-16-14-30-19-5-3-2-4-18(16)19/h2-9,12-14,30H,10-11H2,1H3,(H,29,34). The quantitative estimate of drug-likeness (QED) is 0.364. The third kappa shape index (κ3) is 4.42. The molecule has 1 amide bonds. The first kappa shape index (κ1) is 22.5. The Balaban J connectivity index is 1.40. The highest BCUT2D eigenvalue weighted by atomic mass is 19.4. The summed E-state index contributed by atoms with van der Waals surface area (Å²) < 4.78 is 47.2. The summed E-state index contributed by atoms with van der Waals surface area (Å²) in [5.41, 5.74) is 1.37. The van der Waals surface area contributed by atoms with Crippen molar-refractivity contribution in [3.05, 3.63) is 83.8 Å². The molecule has 3 aromatic heterocycles. The summed E-state index contributed by atoms with van der Waals surface area (Å²) in [5.74, 6) is -0.00344. The van der Waals surface area contributed by atoms with E-state index in [1.807, 2.05) is 30.5 Å². The van der Waals surface area contributed by atoms with Gasteiger partial charge in [-0.1, -0.05) is 18.2 Å². The number of alkyl halides is 3. The molecule has 0 aliphatic heterocycles. The molecule has 178 valence electrons. The Kier molecular flexibility index (Phi) is 5.64. The van der Waals surface area contributed by atoms with Crippen LogP contribution in [0, 0.1) is 0 Å². The number of benzene rings is 2. The number of aromatic nitrogens is 4. The molecule has 0 radical (unpaired) electrons. The summed E-state index contributed by atoms with van der Waals surface area (Å²) in [6.07, 6.45) is -2.27. The molecular weight excluding hydrogens is 459 g/mol. The van der Waals surface area contributed by atoms with Gasteiger partial charge in [0.1, 0.15) is 5.75 Å². The number of rotatable bonds is 6. The second-order valence-electron chi connectivity index (χ2n) is 7.92. The van der Waals surface area contributed by atoms with Gasteiger partial charge in [0, 0.05) is 35.3 Å². The van der Waals surface area contributed by atoms with Crippen LogP contribution in [0.3, 0.4) is 0 Å². The summed E-state index contributed by atoms with van der Waals surface area (Å²) >= 11 is 0. The van der Waals surface area contributed by atoms with Crippen LogP contribution in [0.1, 0.15) is 21.7 Å². The number of carbonyl (C=O) groups is 1. The Morgan fingerprint density at radius 2 is 1.89 bits per heavy atom. The van der Waals surface area contributed by atoms with Gasteiger partial charge >= 0.3 is 6.18 Å². The second kappa shape index (κ2) is 8.79. The van der Waals surface area contributed by atoms with Gasteiger partial charge in [-0.05, 0) is 48.4 Å². The van der Waals surface area contributed by atoms with Crippen LogP contribution in [0.5, 0.6) is 5.75 Å². The molecule has 5 rings (SSSR count). The normalized spacial score (nSPS) is 11.8. The highest BCUT2D eigenvalue weighted by Crippen LogP contribution is 2.32. The monoisotopic (exact) mass is 479 g/mol.